The number of methoxy groups -OCH3 is 2. The second kappa shape index (κ2) is 12.3. The first-order valence-electron chi connectivity index (χ1n) is 14.7. The van der Waals surface area contributed by atoms with Crippen molar-refractivity contribution in [1.29, 1.82) is 0 Å². The molecule has 0 amide bonds. The fraction of sp³-hybridized carbons (Fsp3) is 0.303. The van der Waals surface area contributed by atoms with Gasteiger partial charge in [0.05, 0.1) is 38.3 Å². The van der Waals surface area contributed by atoms with Gasteiger partial charge in [0.2, 0.25) is 6.79 Å². The van der Waals surface area contributed by atoms with Gasteiger partial charge in [0, 0.05) is 48.9 Å². The summed E-state index contributed by atoms with van der Waals surface area (Å²) in [6.07, 6.45) is 0. The second-order valence-corrected chi connectivity index (χ2v) is 13.0. The molecule has 1 fully saturated rings. The molecule has 3 heterocycles. The number of carbonyl (C=O) groups is 1. The summed E-state index contributed by atoms with van der Waals surface area (Å²) in [6.45, 7) is 4.18. The van der Waals surface area contributed by atoms with Crippen LogP contribution in [0.25, 0.3) is 21.9 Å². The van der Waals surface area contributed by atoms with Gasteiger partial charge in [0.15, 0.2) is 23.0 Å². The summed E-state index contributed by atoms with van der Waals surface area (Å²) in [7, 11) is -0.597. The van der Waals surface area contributed by atoms with Gasteiger partial charge in [-0.15, -0.1) is 0 Å². The first kappa shape index (κ1) is 29.4. The Morgan fingerprint density at radius 3 is 2.36 bits per heavy atom. The highest BCUT2D eigenvalue weighted by Crippen LogP contribution is 2.52. The van der Waals surface area contributed by atoms with E-state index in [4.69, 9.17) is 32.9 Å². The number of cyclic esters (lactones) is 1. The third-order valence-corrected chi connectivity index (χ3v) is 10.3. The number of morpholine rings is 1. The van der Waals surface area contributed by atoms with E-state index in [1.165, 1.54) is 0 Å². The Kier molecular flexibility index (Phi) is 8.01. The van der Waals surface area contributed by atoms with Crippen LogP contribution < -0.4 is 33.9 Å². The largest absolute Gasteiger partial charge is 0.493 e. The topological polar surface area (TPSA) is 114 Å². The van der Waals surface area contributed by atoms with E-state index in [-0.39, 0.29) is 19.1 Å². The quantitative estimate of drug-likeness (QED) is 0.193. The standard InChI is InChI=1S/C33H33N2O9P/c1-38-27-15-21-14-22-19-41-33(36)31(22)32(24(21)16-28(27)39-2)25-17-29-30(43-20-42-29)18-26(25)44-45(37,23-6-4-3-5-7-23)34-8-9-35-10-12-40-13-11-35/h3-7,14-18H,8-13,19-20H2,1-2H3,(H,34,37). The number of nitrogens with zero attached hydrogens (tertiary/aromatic N) is 1. The lowest BCUT2D eigenvalue weighted by Gasteiger charge is -2.28. The van der Waals surface area contributed by atoms with Crippen LogP contribution in [0.3, 0.4) is 0 Å². The van der Waals surface area contributed by atoms with Crippen LogP contribution in [0.2, 0.25) is 0 Å². The highest BCUT2D eigenvalue weighted by molar-refractivity contribution is 7.65. The van der Waals surface area contributed by atoms with E-state index < -0.39 is 13.5 Å². The van der Waals surface area contributed by atoms with E-state index in [2.05, 4.69) is 9.99 Å². The molecule has 1 N–H and O–H groups in total. The zero-order valence-corrected chi connectivity index (χ0v) is 25.9. The number of benzene rings is 4. The molecule has 0 aliphatic carbocycles. The van der Waals surface area contributed by atoms with Crippen LogP contribution in [0.1, 0.15) is 15.9 Å². The van der Waals surface area contributed by atoms with Gasteiger partial charge in [-0.3, -0.25) is 9.46 Å². The van der Waals surface area contributed by atoms with Gasteiger partial charge in [-0.1, -0.05) is 18.2 Å². The van der Waals surface area contributed by atoms with Gasteiger partial charge in [-0.2, -0.15) is 0 Å². The van der Waals surface area contributed by atoms with Crippen molar-refractivity contribution >= 4 is 29.6 Å². The molecule has 7 rings (SSSR count). The van der Waals surface area contributed by atoms with Crippen LogP contribution in [0.15, 0.2) is 60.7 Å². The van der Waals surface area contributed by atoms with E-state index in [1.54, 1.807) is 38.5 Å². The summed E-state index contributed by atoms with van der Waals surface area (Å²) in [4.78, 5) is 15.5. The number of esters is 1. The van der Waals surface area contributed by atoms with Crippen LogP contribution in [0.4, 0.5) is 0 Å². The summed E-state index contributed by atoms with van der Waals surface area (Å²) in [5.74, 6) is 1.75. The van der Waals surface area contributed by atoms with Crippen molar-refractivity contribution in [3.8, 4) is 39.9 Å². The average molecular weight is 633 g/mol. The summed E-state index contributed by atoms with van der Waals surface area (Å²) < 4.78 is 55.1. The molecule has 1 saturated heterocycles. The number of fused-ring (bicyclic) bond motifs is 3. The number of carbonyl (C=O) groups excluding carboxylic acids is 1. The lowest BCUT2D eigenvalue weighted by molar-refractivity contribution is 0.0389. The summed E-state index contributed by atoms with van der Waals surface area (Å²) in [5, 5.41) is 5.24. The minimum absolute atomic E-state index is 0.0209. The predicted octanol–water partition coefficient (Wildman–Crippen LogP) is 4.74. The van der Waals surface area contributed by atoms with E-state index in [0.717, 1.165) is 18.5 Å². The van der Waals surface area contributed by atoms with Gasteiger partial charge >= 0.3 is 13.5 Å². The Labute approximate surface area is 260 Å². The monoisotopic (exact) mass is 632 g/mol. The van der Waals surface area contributed by atoms with E-state index in [0.29, 0.717) is 82.2 Å². The molecule has 0 spiro atoms. The molecule has 45 heavy (non-hydrogen) atoms. The Bertz CT molecular complexity index is 1810. The highest BCUT2D eigenvalue weighted by Gasteiger charge is 2.34. The van der Waals surface area contributed by atoms with E-state index in [1.807, 2.05) is 36.4 Å². The normalized spacial score (nSPS) is 17.1. The molecule has 4 aromatic carbocycles. The lowest BCUT2D eigenvalue weighted by atomic mass is 9.89. The van der Waals surface area contributed by atoms with Gasteiger partial charge in [-0.25, -0.2) is 9.88 Å². The van der Waals surface area contributed by atoms with Crippen LogP contribution >= 0.6 is 7.52 Å². The molecule has 4 aromatic rings. The molecule has 0 radical (unpaired) electrons. The van der Waals surface area contributed by atoms with Crippen molar-refractivity contribution in [3.05, 3.63) is 71.8 Å². The maximum atomic E-state index is 14.9. The van der Waals surface area contributed by atoms with Gasteiger partial charge in [-0.05, 0) is 47.2 Å². The molecule has 12 heteroatoms. The Hall–Kier alpha value is -4.28. The number of hydrogen-bond acceptors (Lipinski definition) is 10. The van der Waals surface area contributed by atoms with Crippen LogP contribution in [0.5, 0.6) is 28.7 Å². The SMILES string of the molecule is COc1cc2cc3c(c(-c4cc5c(cc4OP(=O)(NCCN4CCOCC4)c4ccccc4)OCO5)c2cc1OC)C(=O)OC3. The van der Waals surface area contributed by atoms with Crippen LogP contribution in [0, 0.1) is 0 Å². The summed E-state index contributed by atoms with van der Waals surface area (Å²) in [6, 6.07) is 18.1. The van der Waals surface area contributed by atoms with Crippen molar-refractivity contribution in [2.75, 3.05) is 60.4 Å². The Balaban J connectivity index is 1.38. The molecular formula is C33H33N2O9P. The van der Waals surface area contributed by atoms with Crippen molar-refractivity contribution in [2.45, 2.75) is 6.61 Å². The smallest absolute Gasteiger partial charge is 0.347 e. The second-order valence-electron chi connectivity index (χ2n) is 10.8. The zero-order chi connectivity index (χ0) is 31.0. The van der Waals surface area contributed by atoms with Crippen LogP contribution in [-0.2, 0) is 20.6 Å². The van der Waals surface area contributed by atoms with Crippen molar-refractivity contribution in [2.24, 2.45) is 0 Å². The van der Waals surface area contributed by atoms with E-state index >= 15 is 0 Å². The molecule has 1 atom stereocenters. The number of ether oxygens (including phenoxy) is 6. The first-order valence-corrected chi connectivity index (χ1v) is 16.3. The summed E-state index contributed by atoms with van der Waals surface area (Å²) in [5.41, 5.74) is 2.16. The Morgan fingerprint density at radius 1 is 0.867 bits per heavy atom. The maximum Gasteiger partial charge on any atom is 0.347 e. The number of hydrogen-bond donors (Lipinski definition) is 1. The fourth-order valence-corrected chi connectivity index (χ4v) is 7.68. The fourth-order valence-electron chi connectivity index (χ4n) is 5.94. The molecule has 3 aliphatic rings. The molecule has 0 saturated carbocycles. The third kappa shape index (κ3) is 5.57. The van der Waals surface area contributed by atoms with Crippen LogP contribution in [-0.4, -0.2) is 71.3 Å². The molecule has 1 unspecified atom stereocenters. The van der Waals surface area contributed by atoms with Gasteiger partial charge in [0.25, 0.3) is 0 Å². The minimum Gasteiger partial charge on any atom is -0.493 e. The van der Waals surface area contributed by atoms with E-state index in [9.17, 15) is 9.36 Å². The third-order valence-electron chi connectivity index (χ3n) is 8.21. The van der Waals surface area contributed by atoms with Gasteiger partial charge < -0.3 is 32.9 Å². The Morgan fingerprint density at radius 2 is 1.60 bits per heavy atom. The van der Waals surface area contributed by atoms with Gasteiger partial charge in [0.1, 0.15) is 12.4 Å². The number of rotatable bonds is 10. The summed E-state index contributed by atoms with van der Waals surface area (Å²) >= 11 is 0. The molecule has 3 aliphatic heterocycles. The predicted molar refractivity (Wildman–Crippen MR) is 167 cm³/mol. The van der Waals surface area contributed by atoms with Crippen molar-refractivity contribution < 1.29 is 42.3 Å². The number of nitrogens with one attached hydrogen (secondary N) is 1. The molecule has 0 bridgehead atoms. The molecule has 234 valence electrons. The molecule has 0 aromatic heterocycles. The first-order chi connectivity index (χ1) is 22.0. The molecule has 11 nitrogen and oxygen atoms in total. The lowest BCUT2D eigenvalue weighted by Crippen LogP contribution is -2.40. The zero-order valence-electron chi connectivity index (χ0n) is 25.0. The van der Waals surface area contributed by atoms with Crippen molar-refractivity contribution in [1.82, 2.24) is 9.99 Å². The average Bonchev–Trinajstić information content (AvgIpc) is 3.69. The van der Waals surface area contributed by atoms with Crippen molar-refractivity contribution in [3.63, 3.8) is 0 Å². The highest BCUT2D eigenvalue weighted by atomic mass is 31.2. The maximum absolute atomic E-state index is 14.9. The molecular weight excluding hydrogens is 599 g/mol. The minimum atomic E-state index is -3.72.